The number of anilines is 1. The summed E-state index contributed by atoms with van der Waals surface area (Å²) in [5, 5.41) is 3.36. The molecule has 3 fully saturated rings. The number of aromatic nitrogens is 1. The summed E-state index contributed by atoms with van der Waals surface area (Å²) >= 11 is 0. The Kier molecular flexibility index (Phi) is 6.70. The summed E-state index contributed by atoms with van der Waals surface area (Å²) in [6.45, 7) is 0. The number of benzene rings is 2. The maximum absolute atomic E-state index is 14.2. The highest BCUT2D eigenvalue weighted by Crippen LogP contribution is 2.68. The molecule has 0 unspecified atom stereocenters. The number of rotatable bonds is 9. The zero-order valence-corrected chi connectivity index (χ0v) is 22.3. The van der Waals surface area contributed by atoms with Crippen molar-refractivity contribution in [2.24, 2.45) is 5.41 Å². The Morgan fingerprint density at radius 3 is 1.92 bits per heavy atom. The Labute approximate surface area is 225 Å². The summed E-state index contributed by atoms with van der Waals surface area (Å²) in [4.78, 5) is 18.0. The van der Waals surface area contributed by atoms with Gasteiger partial charge in [-0.05, 0) is 42.5 Å². The van der Waals surface area contributed by atoms with Gasteiger partial charge in [-0.2, -0.15) is 13.2 Å². The molecule has 2 bridgehead atoms. The summed E-state index contributed by atoms with van der Waals surface area (Å²) in [6, 6.07) is 19.7. The molecule has 3 aliphatic carbocycles. The first-order valence-corrected chi connectivity index (χ1v) is 14.4. The fourth-order valence-electron chi connectivity index (χ4n) is 6.06. The summed E-state index contributed by atoms with van der Waals surface area (Å²) in [6.07, 6.45) is -1.81. The van der Waals surface area contributed by atoms with Crippen molar-refractivity contribution in [1.82, 2.24) is 14.6 Å². The van der Waals surface area contributed by atoms with Crippen molar-refractivity contribution in [3.8, 4) is 0 Å². The fraction of sp³-hybridized carbons (Fsp3) is 0.357. The molecular weight excluding hydrogens is 529 g/mol. The highest BCUT2D eigenvalue weighted by molar-refractivity contribution is 7.88. The Bertz CT molecular complexity index is 1390. The molecule has 1 aromatic heterocycles. The van der Waals surface area contributed by atoms with E-state index < -0.39 is 39.1 Å². The minimum absolute atomic E-state index is 0.192. The van der Waals surface area contributed by atoms with Gasteiger partial charge in [0.2, 0.25) is 15.9 Å². The second-order valence-corrected chi connectivity index (χ2v) is 12.4. The highest BCUT2D eigenvalue weighted by atomic mass is 32.2. The average Bonchev–Trinajstić information content (AvgIpc) is 2.84. The normalized spacial score (nSPS) is 22.9. The summed E-state index contributed by atoms with van der Waals surface area (Å²) in [5.41, 5.74) is 0.490. The minimum atomic E-state index is -4.75. The lowest BCUT2D eigenvalue weighted by atomic mass is 9.39. The van der Waals surface area contributed by atoms with Crippen LogP contribution < -0.4 is 10.0 Å². The second kappa shape index (κ2) is 9.63. The van der Waals surface area contributed by atoms with Crippen LogP contribution in [0.5, 0.6) is 0 Å². The number of hydrogen-bond donors (Lipinski definition) is 2. The Morgan fingerprint density at radius 1 is 0.949 bits per heavy atom. The maximum Gasteiger partial charge on any atom is 0.414 e. The monoisotopic (exact) mass is 558 g/mol. The number of hydrogen-bond acceptors (Lipinski definition) is 5. The number of sulfonamides is 1. The second-order valence-electron chi connectivity index (χ2n) is 10.7. The molecule has 0 saturated heterocycles. The third-order valence-electron chi connectivity index (χ3n) is 7.55. The van der Waals surface area contributed by atoms with E-state index in [1.807, 2.05) is 60.7 Å². The zero-order chi connectivity index (χ0) is 28.1. The summed E-state index contributed by atoms with van der Waals surface area (Å²) < 4.78 is 68.4. The lowest BCUT2D eigenvalue weighted by Crippen LogP contribution is -2.78. The van der Waals surface area contributed by atoms with Gasteiger partial charge < -0.3 is 10.2 Å². The van der Waals surface area contributed by atoms with Crippen LogP contribution in [-0.2, 0) is 14.8 Å². The summed E-state index contributed by atoms with van der Waals surface area (Å²) in [7, 11) is -2.35. The number of carbonyl (C=O) groups is 1. The molecule has 3 saturated carbocycles. The first-order valence-electron chi connectivity index (χ1n) is 12.5. The molecule has 1 amide bonds. The average molecular weight is 559 g/mol. The molecular formula is C28H29F3N4O3S. The van der Waals surface area contributed by atoms with Crippen molar-refractivity contribution in [3.05, 3.63) is 95.8 Å². The van der Waals surface area contributed by atoms with E-state index in [2.05, 4.69) is 15.0 Å². The Hall–Kier alpha value is -3.44. The molecule has 3 aliphatic rings. The standard InChI is InChI=1S/C28H29F3N4O3S/c1-35(25(36)26-16-27(17-26,18-26)34-39(2,37)38)24(28(29,30)31)22-14-13-21(15-32-22)33-23(19-9-5-3-6-10-19)20-11-7-4-8-12-20/h3-15,23-24,33-34H,16-18H2,1-2H3/t24-,26?,27?/m0/s1. The minimum Gasteiger partial charge on any atom is -0.373 e. The number of nitrogens with zero attached hydrogens (tertiary/aromatic N) is 2. The first-order chi connectivity index (χ1) is 18.3. The Morgan fingerprint density at radius 2 is 1.49 bits per heavy atom. The third-order valence-corrected chi connectivity index (χ3v) is 8.35. The molecule has 0 aliphatic heterocycles. The lowest BCUT2D eigenvalue weighted by Gasteiger charge is -2.69. The van der Waals surface area contributed by atoms with Crippen LogP contribution in [0.3, 0.4) is 0 Å². The van der Waals surface area contributed by atoms with Gasteiger partial charge in [-0.25, -0.2) is 13.1 Å². The van der Waals surface area contributed by atoms with Gasteiger partial charge in [0, 0.05) is 12.6 Å². The van der Waals surface area contributed by atoms with Crippen LogP contribution in [-0.4, -0.2) is 49.2 Å². The number of alkyl halides is 3. The highest BCUT2D eigenvalue weighted by Gasteiger charge is 2.73. The third kappa shape index (κ3) is 5.38. The van der Waals surface area contributed by atoms with E-state index in [4.69, 9.17) is 0 Å². The number of halogens is 3. The van der Waals surface area contributed by atoms with E-state index in [-0.39, 0.29) is 31.0 Å². The molecule has 2 aromatic carbocycles. The smallest absolute Gasteiger partial charge is 0.373 e. The van der Waals surface area contributed by atoms with Gasteiger partial charge in [0.1, 0.15) is 0 Å². The van der Waals surface area contributed by atoms with Gasteiger partial charge in [-0.15, -0.1) is 0 Å². The number of nitrogens with one attached hydrogen (secondary N) is 2. The van der Waals surface area contributed by atoms with E-state index in [0.717, 1.165) is 24.4 Å². The van der Waals surface area contributed by atoms with Crippen molar-refractivity contribution in [3.63, 3.8) is 0 Å². The van der Waals surface area contributed by atoms with E-state index in [1.54, 1.807) is 0 Å². The van der Waals surface area contributed by atoms with Gasteiger partial charge >= 0.3 is 6.18 Å². The lowest BCUT2D eigenvalue weighted by molar-refractivity contribution is -0.213. The molecule has 2 N–H and O–H groups in total. The van der Waals surface area contributed by atoms with Crippen molar-refractivity contribution in [2.45, 2.75) is 43.1 Å². The van der Waals surface area contributed by atoms with Gasteiger partial charge in [-0.1, -0.05) is 60.7 Å². The van der Waals surface area contributed by atoms with Crippen LogP contribution >= 0.6 is 0 Å². The van der Waals surface area contributed by atoms with Gasteiger partial charge in [-0.3, -0.25) is 9.78 Å². The van der Waals surface area contributed by atoms with Crippen LogP contribution in [0.4, 0.5) is 18.9 Å². The van der Waals surface area contributed by atoms with Crippen LogP contribution in [0.15, 0.2) is 79.0 Å². The molecule has 3 aromatic rings. The van der Waals surface area contributed by atoms with Crippen molar-refractivity contribution in [2.75, 3.05) is 18.6 Å². The van der Waals surface area contributed by atoms with E-state index >= 15 is 0 Å². The van der Waals surface area contributed by atoms with Crippen LogP contribution in [0.2, 0.25) is 0 Å². The summed E-state index contributed by atoms with van der Waals surface area (Å²) in [5.74, 6) is -0.653. The van der Waals surface area contributed by atoms with E-state index in [1.165, 1.54) is 18.3 Å². The molecule has 1 heterocycles. The van der Waals surface area contributed by atoms with Crippen LogP contribution in [0, 0.1) is 5.41 Å². The SMILES string of the molecule is CN(C(=O)C12CC(NS(C)(=O)=O)(C1)C2)[C@@H](c1ccc(NC(c2ccccc2)c2ccccc2)cn1)C(F)(F)F. The van der Waals surface area contributed by atoms with Gasteiger partial charge in [0.05, 0.1) is 35.3 Å². The molecule has 1 atom stereocenters. The predicted octanol–water partition coefficient (Wildman–Crippen LogP) is 4.82. The van der Waals surface area contributed by atoms with E-state index in [0.29, 0.717) is 10.6 Å². The molecule has 0 radical (unpaired) electrons. The molecule has 0 spiro atoms. The Balaban J connectivity index is 1.34. The van der Waals surface area contributed by atoms with E-state index in [9.17, 15) is 26.4 Å². The molecule has 206 valence electrons. The predicted molar refractivity (Wildman–Crippen MR) is 141 cm³/mol. The van der Waals surface area contributed by atoms with Crippen molar-refractivity contribution < 1.29 is 26.4 Å². The molecule has 6 rings (SSSR count). The van der Waals surface area contributed by atoms with Crippen molar-refractivity contribution in [1.29, 1.82) is 0 Å². The van der Waals surface area contributed by atoms with Gasteiger partial charge in [0.25, 0.3) is 0 Å². The number of carbonyl (C=O) groups excluding carboxylic acids is 1. The first kappa shape index (κ1) is 27.1. The molecule has 11 heteroatoms. The maximum atomic E-state index is 14.2. The molecule has 7 nitrogen and oxygen atoms in total. The largest absolute Gasteiger partial charge is 0.414 e. The topological polar surface area (TPSA) is 91.4 Å². The number of amides is 1. The van der Waals surface area contributed by atoms with Crippen molar-refractivity contribution >= 4 is 21.6 Å². The van der Waals surface area contributed by atoms with Gasteiger partial charge in [0.15, 0.2) is 6.04 Å². The zero-order valence-electron chi connectivity index (χ0n) is 21.4. The fourth-order valence-corrected chi connectivity index (χ4v) is 7.07. The quantitative estimate of drug-likeness (QED) is 0.393. The van der Waals surface area contributed by atoms with Crippen LogP contribution in [0.25, 0.3) is 0 Å². The molecule has 39 heavy (non-hydrogen) atoms. The number of pyridine rings is 1. The van der Waals surface area contributed by atoms with Crippen LogP contribution in [0.1, 0.15) is 48.2 Å².